The minimum absolute atomic E-state index is 0.0790. The fourth-order valence-electron chi connectivity index (χ4n) is 5.31. The van der Waals surface area contributed by atoms with E-state index in [9.17, 15) is 14.7 Å². The van der Waals surface area contributed by atoms with Crippen molar-refractivity contribution in [3.05, 3.63) is 0 Å². The van der Waals surface area contributed by atoms with Gasteiger partial charge in [-0.2, -0.15) is 0 Å². The Labute approximate surface area is 254 Å². The van der Waals surface area contributed by atoms with E-state index in [2.05, 4.69) is 48.5 Å². The molecule has 0 fully saturated rings. The first-order chi connectivity index (χ1) is 19.9. The molecule has 2 amide bonds. The number of aliphatic hydroxyl groups excluding tert-OH is 1. The maximum absolute atomic E-state index is 12.4. The van der Waals surface area contributed by atoms with Gasteiger partial charge in [-0.3, -0.25) is 14.5 Å². The lowest BCUT2D eigenvalue weighted by molar-refractivity contribution is -0.122. The number of carbonyl (C=O) groups excluding carboxylic acids is 2. The summed E-state index contributed by atoms with van der Waals surface area (Å²) in [4.78, 5) is 26.8. The lowest BCUT2D eigenvalue weighted by Gasteiger charge is -2.22. The van der Waals surface area contributed by atoms with E-state index in [4.69, 9.17) is 0 Å². The van der Waals surface area contributed by atoms with Gasteiger partial charge in [-0.25, -0.2) is 0 Å². The Bertz CT molecular complexity index is 590. The van der Waals surface area contributed by atoms with Crippen molar-refractivity contribution >= 4 is 11.8 Å². The van der Waals surface area contributed by atoms with Gasteiger partial charge in [0.05, 0.1) is 6.61 Å². The van der Waals surface area contributed by atoms with E-state index < -0.39 is 0 Å². The van der Waals surface area contributed by atoms with Crippen LogP contribution >= 0.6 is 0 Å². The van der Waals surface area contributed by atoms with Gasteiger partial charge >= 0.3 is 0 Å². The van der Waals surface area contributed by atoms with Crippen LogP contribution < -0.4 is 16.0 Å². The highest BCUT2D eigenvalue weighted by Crippen LogP contribution is 2.12. The molecule has 0 heterocycles. The smallest absolute Gasteiger partial charge is 0.221 e. The molecule has 0 saturated carbocycles. The molecule has 7 heteroatoms. The Hall–Kier alpha value is -1.18. The number of unbranched alkanes of at least 4 members (excludes halogenated alkanes) is 14. The summed E-state index contributed by atoms with van der Waals surface area (Å²) < 4.78 is 0. The largest absolute Gasteiger partial charge is 0.395 e. The Morgan fingerprint density at radius 2 is 1.02 bits per heavy atom. The zero-order valence-electron chi connectivity index (χ0n) is 27.8. The minimum Gasteiger partial charge on any atom is -0.395 e. The average Bonchev–Trinajstić information content (AvgIpc) is 2.94. The van der Waals surface area contributed by atoms with E-state index in [1.807, 2.05) is 0 Å². The third-order valence-corrected chi connectivity index (χ3v) is 8.00. The van der Waals surface area contributed by atoms with E-state index in [1.165, 1.54) is 103 Å². The Morgan fingerprint density at radius 3 is 1.49 bits per heavy atom. The van der Waals surface area contributed by atoms with Gasteiger partial charge in [-0.05, 0) is 26.7 Å². The summed E-state index contributed by atoms with van der Waals surface area (Å²) in [7, 11) is 0. The second kappa shape index (κ2) is 30.3. The molecule has 0 bridgehead atoms. The summed E-state index contributed by atoms with van der Waals surface area (Å²) in [5.74, 6) is 0.195. The molecule has 41 heavy (non-hydrogen) atoms. The maximum atomic E-state index is 12.4. The van der Waals surface area contributed by atoms with E-state index in [0.717, 1.165) is 25.9 Å². The molecule has 4 N–H and O–H groups in total. The highest BCUT2D eigenvalue weighted by atomic mass is 16.3. The van der Waals surface area contributed by atoms with Crippen molar-refractivity contribution in [2.45, 2.75) is 168 Å². The lowest BCUT2D eigenvalue weighted by atomic mass is 10.1. The van der Waals surface area contributed by atoms with Crippen LogP contribution in [0.25, 0.3) is 0 Å². The summed E-state index contributed by atoms with van der Waals surface area (Å²) in [6.45, 7) is 12.1. The number of nitrogens with one attached hydrogen (secondary N) is 3. The molecule has 7 nitrogen and oxygen atoms in total. The molecule has 0 radical (unpaired) electrons. The molecule has 0 aromatic carbocycles. The van der Waals surface area contributed by atoms with Crippen molar-refractivity contribution in [1.29, 1.82) is 0 Å². The van der Waals surface area contributed by atoms with Crippen LogP contribution in [0, 0.1) is 0 Å². The van der Waals surface area contributed by atoms with Gasteiger partial charge in [-0.15, -0.1) is 0 Å². The maximum Gasteiger partial charge on any atom is 0.221 e. The molecular weight excluding hydrogens is 512 g/mol. The predicted octanol–water partition coefficient (Wildman–Crippen LogP) is 6.72. The fourth-order valence-corrected chi connectivity index (χ4v) is 5.31. The molecule has 0 rings (SSSR count). The molecule has 244 valence electrons. The number of hydrogen-bond donors (Lipinski definition) is 4. The average molecular weight is 583 g/mol. The summed E-state index contributed by atoms with van der Waals surface area (Å²) in [6.07, 6.45) is 23.9. The van der Waals surface area contributed by atoms with Crippen LogP contribution in [0.3, 0.4) is 0 Å². The number of rotatable bonds is 31. The zero-order valence-corrected chi connectivity index (χ0v) is 27.8. The summed E-state index contributed by atoms with van der Waals surface area (Å²) in [5.41, 5.74) is 0. The second-order valence-electron chi connectivity index (χ2n) is 12.3. The van der Waals surface area contributed by atoms with Crippen LogP contribution in [0.1, 0.15) is 156 Å². The third kappa shape index (κ3) is 28.7. The Balaban J connectivity index is 3.84. The van der Waals surface area contributed by atoms with Crippen LogP contribution in [0.4, 0.5) is 0 Å². The lowest BCUT2D eigenvalue weighted by Crippen LogP contribution is -2.39. The Kier molecular flexibility index (Phi) is 29.4. The SMILES string of the molecule is CCCCCCCCCCC(C)NC(=O)CCNCCN(CCO)CCC(=O)NC(C)CCCCCCCCCC. The standard InChI is InChI=1S/C34H70N4O3/c1-5-7-9-11-13-15-17-19-21-31(3)36-33(40)23-25-35-26-28-38(29-30-39)27-24-34(41)37-32(4)22-20-18-16-14-12-10-8-6-2/h31-32,35,39H,5-30H2,1-4H3,(H,36,40)(H,37,41). The predicted molar refractivity (Wildman–Crippen MR) is 175 cm³/mol. The molecule has 0 aliphatic heterocycles. The zero-order chi connectivity index (χ0) is 30.4. The molecule has 0 spiro atoms. The summed E-state index contributed by atoms with van der Waals surface area (Å²) in [5, 5.41) is 19.0. The number of amides is 2. The van der Waals surface area contributed by atoms with Crippen molar-refractivity contribution in [2.24, 2.45) is 0 Å². The highest BCUT2D eigenvalue weighted by Gasteiger charge is 2.11. The normalized spacial score (nSPS) is 12.9. The molecule has 2 atom stereocenters. The van der Waals surface area contributed by atoms with Crippen molar-refractivity contribution in [2.75, 3.05) is 39.3 Å². The number of hydrogen-bond acceptors (Lipinski definition) is 5. The number of nitrogens with zero attached hydrogens (tertiary/aromatic N) is 1. The minimum atomic E-state index is 0.0790. The van der Waals surface area contributed by atoms with Crippen LogP contribution in [0.2, 0.25) is 0 Å². The van der Waals surface area contributed by atoms with Crippen LogP contribution in [0.15, 0.2) is 0 Å². The van der Waals surface area contributed by atoms with E-state index in [0.29, 0.717) is 32.5 Å². The first-order valence-electron chi connectivity index (χ1n) is 17.6. The molecule has 0 aliphatic carbocycles. The molecule has 0 aliphatic rings. The van der Waals surface area contributed by atoms with Crippen molar-refractivity contribution in [3.63, 3.8) is 0 Å². The fraction of sp³-hybridized carbons (Fsp3) is 0.941. The quantitative estimate of drug-likeness (QED) is 0.0681. The molecule has 0 aromatic heterocycles. The molecule has 0 saturated heterocycles. The van der Waals surface area contributed by atoms with Gasteiger partial charge in [0.25, 0.3) is 0 Å². The van der Waals surface area contributed by atoms with Gasteiger partial charge in [0.2, 0.25) is 11.8 Å². The van der Waals surface area contributed by atoms with Crippen molar-refractivity contribution in [1.82, 2.24) is 20.9 Å². The van der Waals surface area contributed by atoms with Gasteiger partial charge in [-0.1, -0.05) is 117 Å². The highest BCUT2D eigenvalue weighted by molar-refractivity contribution is 5.76. The molecular formula is C34H70N4O3. The summed E-state index contributed by atoms with van der Waals surface area (Å²) in [6, 6.07) is 0.446. The second-order valence-corrected chi connectivity index (χ2v) is 12.3. The van der Waals surface area contributed by atoms with Crippen LogP contribution in [0.5, 0.6) is 0 Å². The Morgan fingerprint density at radius 1 is 0.585 bits per heavy atom. The summed E-state index contributed by atoms with van der Waals surface area (Å²) >= 11 is 0. The molecule has 0 aromatic rings. The van der Waals surface area contributed by atoms with E-state index in [1.54, 1.807) is 0 Å². The van der Waals surface area contributed by atoms with Gasteiger partial charge in [0.1, 0.15) is 0 Å². The number of carbonyl (C=O) groups is 2. The van der Waals surface area contributed by atoms with E-state index in [-0.39, 0.29) is 30.5 Å². The van der Waals surface area contributed by atoms with Crippen molar-refractivity contribution in [3.8, 4) is 0 Å². The first-order valence-corrected chi connectivity index (χ1v) is 17.6. The van der Waals surface area contributed by atoms with Gasteiger partial charge in [0.15, 0.2) is 0 Å². The van der Waals surface area contributed by atoms with Gasteiger partial charge in [0, 0.05) is 57.6 Å². The third-order valence-electron chi connectivity index (χ3n) is 8.00. The van der Waals surface area contributed by atoms with Crippen LogP contribution in [-0.2, 0) is 9.59 Å². The topological polar surface area (TPSA) is 93.7 Å². The monoisotopic (exact) mass is 583 g/mol. The van der Waals surface area contributed by atoms with Gasteiger partial charge < -0.3 is 21.1 Å². The molecule has 2 unspecified atom stereocenters. The van der Waals surface area contributed by atoms with E-state index >= 15 is 0 Å². The number of aliphatic hydroxyl groups is 1. The van der Waals surface area contributed by atoms with Crippen molar-refractivity contribution < 1.29 is 14.7 Å². The first kappa shape index (κ1) is 39.8. The van der Waals surface area contributed by atoms with Crippen LogP contribution in [-0.4, -0.2) is 73.2 Å².